The molecule has 0 fully saturated rings. The molecule has 3 aromatic carbocycles. The van der Waals surface area contributed by atoms with E-state index in [0.717, 1.165) is 16.9 Å². The number of nitrogens with one attached hydrogen (secondary N) is 1. The summed E-state index contributed by atoms with van der Waals surface area (Å²) in [6, 6.07) is 25.9. The molecular formula is C27H29N3O2. The molecular weight excluding hydrogens is 398 g/mol. The van der Waals surface area contributed by atoms with Gasteiger partial charge in [-0.05, 0) is 48.2 Å². The molecule has 164 valence electrons. The van der Waals surface area contributed by atoms with E-state index in [0.29, 0.717) is 18.2 Å². The van der Waals surface area contributed by atoms with Crippen molar-refractivity contribution in [2.75, 3.05) is 6.61 Å². The first-order chi connectivity index (χ1) is 15.5. The highest BCUT2D eigenvalue weighted by atomic mass is 16.5. The number of nitrogens with zero attached hydrogens (tertiary/aromatic N) is 2. The first kappa shape index (κ1) is 21.6. The number of carbonyl (C=O) groups excluding carboxylic acids is 1. The van der Waals surface area contributed by atoms with Crippen molar-refractivity contribution < 1.29 is 9.53 Å². The molecule has 5 nitrogen and oxygen atoms in total. The highest BCUT2D eigenvalue weighted by molar-refractivity contribution is 5.79. The number of benzene rings is 3. The van der Waals surface area contributed by atoms with Gasteiger partial charge in [0.05, 0.1) is 17.1 Å². The predicted molar refractivity (Wildman–Crippen MR) is 128 cm³/mol. The number of ether oxygens (including phenoxy) is 1. The van der Waals surface area contributed by atoms with Crippen molar-refractivity contribution >= 4 is 16.9 Å². The van der Waals surface area contributed by atoms with Gasteiger partial charge in [0.1, 0.15) is 11.6 Å². The van der Waals surface area contributed by atoms with Crippen LogP contribution in [0, 0.1) is 0 Å². The summed E-state index contributed by atoms with van der Waals surface area (Å²) in [5.74, 6) is 1.82. The lowest BCUT2D eigenvalue weighted by atomic mass is 10.0. The van der Waals surface area contributed by atoms with Gasteiger partial charge >= 0.3 is 0 Å². The van der Waals surface area contributed by atoms with E-state index in [1.165, 1.54) is 11.1 Å². The minimum Gasteiger partial charge on any atom is -0.484 e. The first-order valence-corrected chi connectivity index (χ1v) is 11.0. The fourth-order valence-corrected chi connectivity index (χ4v) is 3.79. The van der Waals surface area contributed by atoms with Crippen LogP contribution in [0.2, 0.25) is 0 Å². The van der Waals surface area contributed by atoms with Crippen molar-refractivity contribution in [1.82, 2.24) is 14.9 Å². The molecule has 4 rings (SSSR count). The predicted octanol–water partition coefficient (Wildman–Crippen LogP) is 5.46. The molecule has 32 heavy (non-hydrogen) atoms. The topological polar surface area (TPSA) is 56.2 Å². The Bertz CT molecular complexity index is 1180. The molecule has 0 saturated heterocycles. The van der Waals surface area contributed by atoms with E-state index < -0.39 is 0 Å². The summed E-state index contributed by atoms with van der Waals surface area (Å²) in [5.41, 5.74) is 4.49. The van der Waals surface area contributed by atoms with Crippen LogP contribution in [-0.4, -0.2) is 22.1 Å². The van der Waals surface area contributed by atoms with Crippen molar-refractivity contribution in [3.05, 3.63) is 95.8 Å². The Morgan fingerprint density at radius 1 is 0.938 bits per heavy atom. The standard InChI is InChI=1S/C27H29N3O2/c1-19(2)22-15-13-21(14-16-22)17-30-25-12-8-7-11-24(25)29-27(30)20(3)28-26(31)18-32-23-9-5-4-6-10-23/h4-16,19-20H,17-18H2,1-3H3,(H,28,31). The fourth-order valence-electron chi connectivity index (χ4n) is 3.79. The van der Waals surface area contributed by atoms with E-state index in [2.05, 4.69) is 54.1 Å². The van der Waals surface area contributed by atoms with E-state index in [9.17, 15) is 4.79 Å². The lowest BCUT2D eigenvalue weighted by Gasteiger charge is -2.17. The number of rotatable bonds is 8. The summed E-state index contributed by atoms with van der Waals surface area (Å²) < 4.78 is 7.76. The number of carbonyl (C=O) groups is 1. The lowest BCUT2D eigenvalue weighted by molar-refractivity contribution is -0.123. The van der Waals surface area contributed by atoms with Gasteiger partial charge in [-0.3, -0.25) is 4.79 Å². The van der Waals surface area contributed by atoms with Gasteiger partial charge in [0, 0.05) is 6.54 Å². The number of aromatic nitrogens is 2. The van der Waals surface area contributed by atoms with Crippen LogP contribution in [0.3, 0.4) is 0 Å². The van der Waals surface area contributed by atoms with E-state index in [1.54, 1.807) is 0 Å². The van der Waals surface area contributed by atoms with Gasteiger partial charge in [0.15, 0.2) is 6.61 Å². The minimum absolute atomic E-state index is 0.0365. The SMILES string of the molecule is CC(C)c1ccc(Cn2c(C(C)NC(=O)COc3ccccc3)nc3ccccc32)cc1. The maximum Gasteiger partial charge on any atom is 0.258 e. The van der Waals surface area contributed by atoms with Gasteiger partial charge < -0.3 is 14.6 Å². The Morgan fingerprint density at radius 2 is 1.62 bits per heavy atom. The van der Waals surface area contributed by atoms with Crippen molar-refractivity contribution in [1.29, 1.82) is 0 Å². The van der Waals surface area contributed by atoms with Crippen LogP contribution in [0.15, 0.2) is 78.9 Å². The zero-order valence-electron chi connectivity index (χ0n) is 18.8. The highest BCUT2D eigenvalue weighted by Gasteiger charge is 2.19. The number of amides is 1. The van der Waals surface area contributed by atoms with Crippen molar-refractivity contribution in [2.24, 2.45) is 0 Å². The lowest BCUT2D eigenvalue weighted by Crippen LogP contribution is -2.32. The highest BCUT2D eigenvalue weighted by Crippen LogP contribution is 2.23. The third-order valence-electron chi connectivity index (χ3n) is 5.55. The quantitative estimate of drug-likeness (QED) is 0.406. The zero-order chi connectivity index (χ0) is 22.5. The van der Waals surface area contributed by atoms with Crippen molar-refractivity contribution in [3.63, 3.8) is 0 Å². The van der Waals surface area contributed by atoms with Crippen LogP contribution in [0.5, 0.6) is 5.75 Å². The maximum absolute atomic E-state index is 12.5. The number of para-hydroxylation sites is 3. The van der Waals surface area contributed by atoms with Crippen LogP contribution < -0.4 is 10.1 Å². The Kier molecular flexibility index (Phi) is 6.55. The third-order valence-corrected chi connectivity index (χ3v) is 5.55. The Hall–Kier alpha value is -3.60. The number of imidazole rings is 1. The average Bonchev–Trinajstić information content (AvgIpc) is 3.17. The number of fused-ring (bicyclic) bond motifs is 1. The smallest absolute Gasteiger partial charge is 0.258 e. The summed E-state index contributed by atoms with van der Waals surface area (Å²) in [6.45, 7) is 7.00. The molecule has 1 atom stereocenters. The van der Waals surface area contributed by atoms with Crippen LogP contribution in [0.4, 0.5) is 0 Å². The molecule has 0 radical (unpaired) electrons. The Morgan fingerprint density at radius 3 is 2.34 bits per heavy atom. The van der Waals surface area contributed by atoms with Crippen LogP contribution in [0.25, 0.3) is 11.0 Å². The third kappa shape index (κ3) is 4.99. The van der Waals surface area contributed by atoms with E-state index >= 15 is 0 Å². The molecule has 1 aromatic heterocycles. The second-order valence-electron chi connectivity index (χ2n) is 8.33. The normalized spacial score (nSPS) is 12.1. The largest absolute Gasteiger partial charge is 0.484 e. The Balaban J connectivity index is 1.53. The van der Waals surface area contributed by atoms with Gasteiger partial charge in [-0.25, -0.2) is 4.98 Å². The molecule has 1 heterocycles. The second kappa shape index (κ2) is 9.69. The molecule has 0 aliphatic heterocycles. The molecule has 1 amide bonds. The molecule has 0 spiro atoms. The minimum atomic E-state index is -0.260. The monoisotopic (exact) mass is 427 g/mol. The van der Waals surface area contributed by atoms with Crippen LogP contribution >= 0.6 is 0 Å². The van der Waals surface area contributed by atoms with Crippen LogP contribution in [0.1, 0.15) is 49.7 Å². The number of hydrogen-bond acceptors (Lipinski definition) is 3. The molecule has 0 aliphatic carbocycles. The van der Waals surface area contributed by atoms with Gasteiger partial charge in [-0.2, -0.15) is 0 Å². The fraction of sp³-hybridized carbons (Fsp3) is 0.259. The Labute approximate surface area is 189 Å². The van der Waals surface area contributed by atoms with E-state index in [4.69, 9.17) is 9.72 Å². The molecule has 0 aliphatic rings. The van der Waals surface area contributed by atoms with Gasteiger partial charge in [-0.15, -0.1) is 0 Å². The summed E-state index contributed by atoms with van der Waals surface area (Å²) >= 11 is 0. The summed E-state index contributed by atoms with van der Waals surface area (Å²) in [6.07, 6.45) is 0. The van der Waals surface area contributed by atoms with Crippen molar-refractivity contribution in [3.8, 4) is 5.75 Å². The second-order valence-corrected chi connectivity index (χ2v) is 8.33. The van der Waals surface area contributed by atoms with E-state index in [1.807, 2.05) is 55.5 Å². The molecule has 1 N–H and O–H groups in total. The van der Waals surface area contributed by atoms with Gasteiger partial charge in [-0.1, -0.05) is 68.4 Å². The van der Waals surface area contributed by atoms with Gasteiger partial charge in [0.25, 0.3) is 5.91 Å². The van der Waals surface area contributed by atoms with E-state index in [-0.39, 0.29) is 18.6 Å². The first-order valence-electron chi connectivity index (χ1n) is 11.0. The summed E-state index contributed by atoms with van der Waals surface area (Å²) in [7, 11) is 0. The maximum atomic E-state index is 12.5. The van der Waals surface area contributed by atoms with Crippen LogP contribution in [-0.2, 0) is 11.3 Å². The summed E-state index contributed by atoms with van der Waals surface area (Å²) in [5, 5.41) is 3.03. The number of hydrogen-bond donors (Lipinski definition) is 1. The van der Waals surface area contributed by atoms with Crippen molar-refractivity contribution in [2.45, 2.75) is 39.3 Å². The summed E-state index contributed by atoms with van der Waals surface area (Å²) in [4.78, 5) is 17.3. The molecule has 5 heteroatoms. The zero-order valence-corrected chi connectivity index (χ0v) is 18.8. The molecule has 1 unspecified atom stereocenters. The van der Waals surface area contributed by atoms with Gasteiger partial charge in [0.2, 0.25) is 0 Å². The molecule has 0 bridgehead atoms. The molecule has 0 saturated carbocycles. The molecule has 4 aromatic rings. The average molecular weight is 428 g/mol.